The Bertz CT molecular complexity index is 748. The van der Waals surface area contributed by atoms with Gasteiger partial charge in [-0.1, -0.05) is 60.7 Å². The molecule has 196 valence electrons. The third-order valence-electron chi connectivity index (χ3n) is 6.49. The number of hydrogen-bond donors (Lipinski definition) is 2. The molecule has 0 aliphatic heterocycles. The summed E-state index contributed by atoms with van der Waals surface area (Å²) in [7, 11) is -9.00. The van der Waals surface area contributed by atoms with Crippen molar-refractivity contribution in [2.45, 2.75) is 52.6 Å². The molecule has 0 unspecified atom stereocenters. The molecular formula is C26H46N2O4Si3. The lowest BCUT2D eigenvalue weighted by Crippen LogP contribution is -2.91. The molecule has 0 heterocycles. The molecule has 0 atom stereocenters. The zero-order valence-electron chi connectivity index (χ0n) is 22.1. The fourth-order valence-corrected chi connectivity index (χ4v) is 41.8. The Balaban J connectivity index is 3.15. The van der Waals surface area contributed by atoms with E-state index in [9.17, 15) is 0 Å². The first-order valence-corrected chi connectivity index (χ1v) is 21.2. The standard InChI is InChI=1S/C26H46N2O4Si3/c1-5-29-33(30-6-2,23-15-21-27)35(25-17-11-9-12-18-25,26-19-13-10-14-20-26)34(31-7-3,32-8-4)24-16-22-28/h9-14,17-20H,5-8,15-16,21-24,27-28H2,1-4H3. The average Bonchev–Trinajstić information content (AvgIpc) is 2.88. The van der Waals surface area contributed by atoms with Gasteiger partial charge in [-0.15, -0.1) is 0 Å². The summed E-state index contributed by atoms with van der Waals surface area (Å²) < 4.78 is 28.0. The lowest BCUT2D eigenvalue weighted by atomic mass is 10.4. The van der Waals surface area contributed by atoms with E-state index in [1.54, 1.807) is 0 Å². The van der Waals surface area contributed by atoms with Crippen molar-refractivity contribution in [2.75, 3.05) is 39.5 Å². The van der Waals surface area contributed by atoms with Crippen LogP contribution in [0.15, 0.2) is 60.7 Å². The molecule has 0 saturated carbocycles. The maximum atomic E-state index is 6.99. The molecule has 0 aliphatic rings. The van der Waals surface area contributed by atoms with Gasteiger partial charge in [0, 0.05) is 26.4 Å². The summed E-state index contributed by atoms with van der Waals surface area (Å²) in [6.45, 7) is 11.8. The largest absolute Gasteiger partial charge is 0.397 e. The second-order valence-electron chi connectivity index (χ2n) is 8.50. The fourth-order valence-electron chi connectivity index (χ4n) is 5.50. The molecule has 35 heavy (non-hydrogen) atoms. The van der Waals surface area contributed by atoms with Crippen LogP contribution >= 0.6 is 0 Å². The van der Waals surface area contributed by atoms with Crippen LogP contribution in [-0.4, -0.2) is 62.8 Å². The first-order chi connectivity index (χ1) is 17.1. The molecule has 2 rings (SSSR count). The minimum absolute atomic E-state index is 0.574. The number of hydrogen-bond acceptors (Lipinski definition) is 6. The van der Waals surface area contributed by atoms with Crippen LogP contribution in [0.3, 0.4) is 0 Å². The van der Waals surface area contributed by atoms with Gasteiger partial charge in [0.05, 0.1) is 0 Å². The lowest BCUT2D eigenvalue weighted by Gasteiger charge is -2.53. The van der Waals surface area contributed by atoms with Crippen molar-refractivity contribution in [3.63, 3.8) is 0 Å². The van der Waals surface area contributed by atoms with Gasteiger partial charge in [-0.2, -0.15) is 0 Å². The van der Waals surface area contributed by atoms with Crippen LogP contribution in [0.1, 0.15) is 40.5 Å². The van der Waals surface area contributed by atoms with Crippen LogP contribution in [0.4, 0.5) is 0 Å². The maximum absolute atomic E-state index is 6.99. The van der Waals surface area contributed by atoms with Gasteiger partial charge >= 0.3 is 16.2 Å². The van der Waals surface area contributed by atoms with Crippen molar-refractivity contribution in [3.8, 4) is 0 Å². The Kier molecular flexibility index (Phi) is 13.0. The van der Waals surface area contributed by atoms with E-state index in [1.165, 1.54) is 10.4 Å². The van der Waals surface area contributed by atoms with E-state index in [1.807, 2.05) is 0 Å². The topological polar surface area (TPSA) is 89.0 Å². The summed E-state index contributed by atoms with van der Waals surface area (Å²) in [6.07, 6.45) is 1.67. The number of rotatable bonds is 18. The summed E-state index contributed by atoms with van der Waals surface area (Å²) in [5.74, 6) is 0. The zero-order valence-corrected chi connectivity index (χ0v) is 25.1. The summed E-state index contributed by atoms with van der Waals surface area (Å²) in [4.78, 5) is 0. The quantitative estimate of drug-likeness (QED) is 0.286. The van der Waals surface area contributed by atoms with Crippen molar-refractivity contribution in [3.05, 3.63) is 60.7 Å². The SMILES string of the molecule is CCO[Si](CCCN)(OCC)[Si](c1ccccc1)(c1ccccc1)[Si](CCCN)(OCC)OCC. The molecule has 6 nitrogen and oxygen atoms in total. The van der Waals surface area contributed by atoms with Gasteiger partial charge in [0.1, 0.15) is 0 Å². The van der Waals surface area contributed by atoms with Crippen LogP contribution in [0, 0.1) is 0 Å². The first kappa shape index (κ1) is 30.1. The van der Waals surface area contributed by atoms with Crippen molar-refractivity contribution >= 4 is 33.6 Å². The van der Waals surface area contributed by atoms with Crippen LogP contribution < -0.4 is 21.8 Å². The summed E-state index contributed by atoms with van der Waals surface area (Å²) in [5.41, 5.74) is 12.2. The Morgan fingerprint density at radius 2 is 0.857 bits per heavy atom. The van der Waals surface area contributed by atoms with E-state index >= 15 is 0 Å². The summed E-state index contributed by atoms with van der Waals surface area (Å²) in [6, 6.07) is 23.3. The molecule has 2 aromatic carbocycles. The molecule has 0 aliphatic carbocycles. The van der Waals surface area contributed by atoms with Gasteiger partial charge in [0.2, 0.25) is 7.11 Å². The van der Waals surface area contributed by atoms with Gasteiger partial charge in [0.25, 0.3) is 0 Å². The Hall–Kier alpha value is -1.15. The third-order valence-corrected chi connectivity index (χ3v) is 36.6. The average molecular weight is 535 g/mol. The van der Waals surface area contributed by atoms with E-state index in [4.69, 9.17) is 29.2 Å². The predicted molar refractivity (Wildman–Crippen MR) is 153 cm³/mol. The molecule has 0 saturated heterocycles. The van der Waals surface area contributed by atoms with Crippen LogP contribution in [-0.2, 0) is 17.7 Å². The van der Waals surface area contributed by atoms with Crippen LogP contribution in [0.25, 0.3) is 0 Å². The highest BCUT2D eigenvalue weighted by molar-refractivity contribution is 7.73. The molecule has 4 N–H and O–H groups in total. The normalized spacial score (nSPS) is 12.7. The van der Waals surface area contributed by atoms with Crippen molar-refractivity contribution in [1.82, 2.24) is 0 Å². The minimum atomic E-state index is -3.01. The highest BCUT2D eigenvalue weighted by Crippen LogP contribution is 2.38. The molecule has 9 heteroatoms. The minimum Gasteiger partial charge on any atom is -0.397 e. The van der Waals surface area contributed by atoms with Crippen molar-refractivity contribution < 1.29 is 17.7 Å². The Morgan fingerprint density at radius 3 is 1.11 bits per heavy atom. The fraction of sp³-hybridized carbons (Fsp3) is 0.538. The second-order valence-corrected chi connectivity index (χ2v) is 26.9. The molecule has 0 amide bonds. The summed E-state index contributed by atoms with van der Waals surface area (Å²) in [5, 5.41) is 2.53. The summed E-state index contributed by atoms with van der Waals surface area (Å²) >= 11 is 0. The van der Waals surface area contributed by atoms with E-state index in [2.05, 4.69) is 88.4 Å². The second kappa shape index (κ2) is 15.2. The smallest absolute Gasteiger partial charge is 0.330 e. The van der Waals surface area contributed by atoms with Gasteiger partial charge < -0.3 is 29.2 Å². The third kappa shape index (κ3) is 6.23. The van der Waals surface area contributed by atoms with Crippen molar-refractivity contribution in [1.29, 1.82) is 0 Å². The molecule has 0 fully saturated rings. The predicted octanol–water partition coefficient (Wildman–Crippen LogP) is 3.13. The van der Waals surface area contributed by atoms with E-state index in [0.717, 1.165) is 24.9 Å². The Labute approximate surface area is 215 Å². The van der Waals surface area contributed by atoms with Gasteiger partial charge in [0.15, 0.2) is 0 Å². The van der Waals surface area contributed by atoms with Gasteiger partial charge in [-0.25, -0.2) is 0 Å². The lowest BCUT2D eigenvalue weighted by molar-refractivity contribution is 0.189. The van der Waals surface area contributed by atoms with Crippen molar-refractivity contribution in [2.24, 2.45) is 11.5 Å². The maximum Gasteiger partial charge on any atom is 0.330 e. The van der Waals surface area contributed by atoms with E-state index in [0.29, 0.717) is 39.5 Å². The number of nitrogens with two attached hydrogens (primary N) is 2. The zero-order chi connectivity index (χ0) is 25.6. The molecule has 0 spiro atoms. The highest BCUT2D eigenvalue weighted by atomic mass is 29.7. The van der Waals surface area contributed by atoms with Crippen LogP contribution in [0.5, 0.6) is 0 Å². The monoisotopic (exact) mass is 534 g/mol. The van der Waals surface area contributed by atoms with E-state index in [-0.39, 0.29) is 0 Å². The molecule has 0 bridgehead atoms. The Morgan fingerprint density at radius 1 is 0.543 bits per heavy atom. The molecule has 2 aromatic rings. The van der Waals surface area contributed by atoms with E-state index < -0.39 is 23.3 Å². The molecular weight excluding hydrogens is 489 g/mol. The highest BCUT2D eigenvalue weighted by Gasteiger charge is 2.75. The first-order valence-electron chi connectivity index (χ1n) is 13.1. The van der Waals surface area contributed by atoms with Gasteiger partial charge in [-0.3, -0.25) is 0 Å². The van der Waals surface area contributed by atoms with Crippen LogP contribution in [0.2, 0.25) is 12.1 Å². The molecule has 0 radical (unpaired) electrons. The van der Waals surface area contributed by atoms with Gasteiger partial charge in [-0.05, 0) is 76.1 Å². The number of benzene rings is 2. The molecule has 0 aromatic heterocycles.